The van der Waals surface area contributed by atoms with E-state index in [1.165, 1.54) is 0 Å². The number of halogens is 1. The molecule has 0 aliphatic heterocycles. The second kappa shape index (κ2) is 5.74. The molecule has 19 heavy (non-hydrogen) atoms. The van der Waals surface area contributed by atoms with Crippen molar-refractivity contribution in [1.82, 2.24) is 0 Å². The molecule has 0 amide bonds. The first-order valence-corrected chi connectivity index (χ1v) is 7.07. The number of alkyl halides is 1. The summed E-state index contributed by atoms with van der Waals surface area (Å²) < 4.78 is 0. The number of hydrogen-bond acceptors (Lipinski definition) is 2. The van der Waals surface area contributed by atoms with Gasteiger partial charge in [-0.3, -0.25) is 9.59 Å². The lowest BCUT2D eigenvalue weighted by atomic mass is 9.72. The minimum atomic E-state index is -1.02. The van der Waals surface area contributed by atoms with Crippen molar-refractivity contribution in [1.29, 1.82) is 0 Å². The van der Waals surface area contributed by atoms with Crippen molar-refractivity contribution in [3.8, 4) is 0 Å². The Balaban J connectivity index is 2.25. The van der Waals surface area contributed by atoms with Crippen molar-refractivity contribution >= 4 is 27.9 Å². The zero-order valence-corrected chi connectivity index (χ0v) is 11.8. The largest absolute Gasteiger partial charge is 0.481 e. The van der Waals surface area contributed by atoms with Gasteiger partial charge in [-0.05, 0) is 24.3 Å². The molecule has 1 aromatic carbocycles. The highest BCUT2D eigenvalue weighted by Gasteiger charge is 2.43. The first-order valence-electron chi connectivity index (χ1n) is 6.15. The number of carboxylic acids is 2. The van der Waals surface area contributed by atoms with Crippen LogP contribution in [0, 0.1) is 11.8 Å². The Morgan fingerprint density at radius 1 is 1.00 bits per heavy atom. The maximum Gasteiger partial charge on any atom is 0.307 e. The lowest BCUT2D eigenvalue weighted by molar-refractivity contribution is -0.155. The van der Waals surface area contributed by atoms with E-state index < -0.39 is 23.8 Å². The SMILES string of the molecule is O=C(O)[C@H]1C[C@@H](c2ccccc2)[C@@H](Br)C[C@H]1C(=O)O. The van der Waals surface area contributed by atoms with Gasteiger partial charge in [0, 0.05) is 4.83 Å². The number of carbonyl (C=O) groups is 2. The van der Waals surface area contributed by atoms with Crippen LogP contribution in [0.3, 0.4) is 0 Å². The average molecular weight is 327 g/mol. The Kier molecular flexibility index (Phi) is 4.24. The highest BCUT2D eigenvalue weighted by molar-refractivity contribution is 9.09. The molecule has 0 radical (unpaired) electrons. The van der Waals surface area contributed by atoms with Gasteiger partial charge >= 0.3 is 11.9 Å². The van der Waals surface area contributed by atoms with E-state index >= 15 is 0 Å². The van der Waals surface area contributed by atoms with Crippen molar-refractivity contribution in [3.63, 3.8) is 0 Å². The van der Waals surface area contributed by atoms with E-state index in [-0.39, 0.29) is 10.7 Å². The molecule has 102 valence electrons. The molecule has 4 nitrogen and oxygen atoms in total. The van der Waals surface area contributed by atoms with Crippen LogP contribution in [0.1, 0.15) is 24.3 Å². The Labute approximate surface area is 119 Å². The van der Waals surface area contributed by atoms with Crippen LogP contribution >= 0.6 is 15.9 Å². The summed E-state index contributed by atoms with van der Waals surface area (Å²) in [6.45, 7) is 0. The molecule has 0 unspecified atom stereocenters. The molecule has 4 atom stereocenters. The van der Waals surface area contributed by atoms with E-state index in [0.717, 1.165) is 5.56 Å². The highest BCUT2D eigenvalue weighted by Crippen LogP contribution is 2.43. The van der Waals surface area contributed by atoms with Crippen LogP contribution in [-0.2, 0) is 9.59 Å². The Morgan fingerprint density at radius 3 is 2.05 bits per heavy atom. The summed E-state index contributed by atoms with van der Waals surface area (Å²) in [5.41, 5.74) is 1.06. The third-order valence-electron chi connectivity index (χ3n) is 3.77. The molecule has 0 bridgehead atoms. The number of hydrogen-bond donors (Lipinski definition) is 2. The van der Waals surface area contributed by atoms with Crippen molar-refractivity contribution in [3.05, 3.63) is 35.9 Å². The lowest BCUT2D eigenvalue weighted by Crippen LogP contribution is -2.39. The van der Waals surface area contributed by atoms with E-state index in [4.69, 9.17) is 5.11 Å². The molecule has 2 rings (SSSR count). The van der Waals surface area contributed by atoms with Crippen molar-refractivity contribution in [2.45, 2.75) is 23.6 Å². The maximum absolute atomic E-state index is 11.3. The van der Waals surface area contributed by atoms with Gasteiger partial charge < -0.3 is 10.2 Å². The second-order valence-corrected chi connectivity index (χ2v) is 6.07. The number of benzene rings is 1. The van der Waals surface area contributed by atoms with Gasteiger partial charge in [-0.2, -0.15) is 0 Å². The molecular weight excluding hydrogens is 312 g/mol. The van der Waals surface area contributed by atoms with Crippen molar-refractivity contribution in [2.24, 2.45) is 11.8 Å². The van der Waals surface area contributed by atoms with Gasteiger partial charge in [0.05, 0.1) is 11.8 Å². The predicted molar refractivity (Wildman–Crippen MR) is 73.4 cm³/mol. The number of aliphatic carboxylic acids is 2. The maximum atomic E-state index is 11.3. The van der Waals surface area contributed by atoms with Crippen molar-refractivity contribution in [2.75, 3.05) is 0 Å². The molecule has 1 aliphatic carbocycles. The standard InChI is InChI=1S/C14H15BrO4/c15-12-7-11(14(18)19)10(13(16)17)6-9(12)8-4-2-1-3-5-8/h1-5,9-12H,6-7H2,(H,16,17)(H,18,19)/t9-,10-,11+,12-/m0/s1. The first-order chi connectivity index (χ1) is 9.00. The molecule has 0 saturated heterocycles. The summed E-state index contributed by atoms with van der Waals surface area (Å²) in [6, 6.07) is 9.64. The number of rotatable bonds is 3. The van der Waals surface area contributed by atoms with Crippen LogP contribution in [0.2, 0.25) is 0 Å². The monoisotopic (exact) mass is 326 g/mol. The molecule has 2 N–H and O–H groups in total. The average Bonchev–Trinajstić information content (AvgIpc) is 2.39. The molecule has 1 saturated carbocycles. The summed E-state index contributed by atoms with van der Waals surface area (Å²) in [4.78, 5) is 22.4. The molecule has 1 aromatic rings. The molecule has 0 heterocycles. The smallest absolute Gasteiger partial charge is 0.307 e. The Bertz CT molecular complexity index is 474. The fourth-order valence-corrected chi connectivity index (χ4v) is 3.67. The third kappa shape index (κ3) is 2.97. The van der Waals surface area contributed by atoms with E-state index in [9.17, 15) is 14.7 Å². The Hall–Kier alpha value is -1.36. The van der Waals surface area contributed by atoms with Gasteiger partial charge in [-0.1, -0.05) is 46.3 Å². The summed E-state index contributed by atoms with van der Waals surface area (Å²) in [5, 5.41) is 18.4. The van der Waals surface area contributed by atoms with E-state index in [2.05, 4.69) is 15.9 Å². The Morgan fingerprint density at radius 2 is 1.53 bits per heavy atom. The van der Waals surface area contributed by atoms with Crippen LogP contribution in [0.25, 0.3) is 0 Å². The summed E-state index contributed by atoms with van der Waals surface area (Å²) in [7, 11) is 0. The third-order valence-corrected chi connectivity index (χ3v) is 4.78. The van der Waals surface area contributed by atoms with Gasteiger partial charge in [-0.15, -0.1) is 0 Å². The predicted octanol–water partition coefficient (Wildman–Crippen LogP) is 2.73. The second-order valence-electron chi connectivity index (χ2n) is 4.89. The lowest BCUT2D eigenvalue weighted by Gasteiger charge is -2.35. The van der Waals surface area contributed by atoms with E-state index in [1.54, 1.807) is 0 Å². The zero-order valence-electron chi connectivity index (χ0n) is 10.2. The highest BCUT2D eigenvalue weighted by atomic mass is 79.9. The summed E-state index contributed by atoms with van der Waals surface area (Å²) in [6.07, 6.45) is 0.693. The van der Waals surface area contributed by atoms with Crippen LogP contribution in [0.5, 0.6) is 0 Å². The van der Waals surface area contributed by atoms with Crippen molar-refractivity contribution < 1.29 is 19.8 Å². The zero-order chi connectivity index (χ0) is 14.0. The molecule has 0 spiro atoms. The van der Waals surface area contributed by atoms with Crippen LogP contribution in [0.4, 0.5) is 0 Å². The van der Waals surface area contributed by atoms with Crippen LogP contribution < -0.4 is 0 Å². The molecule has 0 aromatic heterocycles. The summed E-state index contributed by atoms with van der Waals surface area (Å²) >= 11 is 3.52. The molecule has 1 fully saturated rings. The quantitative estimate of drug-likeness (QED) is 0.837. The normalized spacial score (nSPS) is 30.8. The van der Waals surface area contributed by atoms with Gasteiger partial charge in [0.1, 0.15) is 0 Å². The molecule has 1 aliphatic rings. The fraction of sp³-hybridized carbons (Fsp3) is 0.429. The number of carboxylic acid groups (broad SMARTS) is 2. The van der Waals surface area contributed by atoms with Gasteiger partial charge in [-0.25, -0.2) is 0 Å². The minimum absolute atomic E-state index is 0.00778. The topological polar surface area (TPSA) is 74.6 Å². The minimum Gasteiger partial charge on any atom is -0.481 e. The van der Waals surface area contributed by atoms with Gasteiger partial charge in [0.15, 0.2) is 0 Å². The fourth-order valence-electron chi connectivity index (χ4n) is 2.75. The molecule has 5 heteroatoms. The summed E-state index contributed by atoms with van der Waals surface area (Å²) in [5.74, 6) is -3.65. The van der Waals surface area contributed by atoms with Gasteiger partial charge in [0.2, 0.25) is 0 Å². The van der Waals surface area contributed by atoms with E-state index in [0.29, 0.717) is 12.8 Å². The van der Waals surface area contributed by atoms with E-state index in [1.807, 2.05) is 30.3 Å². The van der Waals surface area contributed by atoms with Crippen LogP contribution in [-0.4, -0.2) is 27.0 Å². The molecular formula is C14H15BrO4. The van der Waals surface area contributed by atoms with Gasteiger partial charge in [0.25, 0.3) is 0 Å². The van der Waals surface area contributed by atoms with Crippen LogP contribution in [0.15, 0.2) is 30.3 Å². The first kappa shape index (κ1) is 14.1.